The monoisotopic (exact) mass is 1140 g/mol. The van der Waals surface area contributed by atoms with Crippen molar-refractivity contribution in [1.82, 2.24) is 29.5 Å². The first-order valence-corrected chi connectivity index (χ1v) is 29.9. The van der Waals surface area contributed by atoms with Crippen LogP contribution in [0.2, 0.25) is 0 Å². The number of likely N-dealkylation sites (N-methyl/N-ethyl adjacent to an activating group) is 2. The van der Waals surface area contributed by atoms with Gasteiger partial charge in [-0.3, -0.25) is 4.79 Å². The topological polar surface area (TPSA) is 269 Å². The highest BCUT2D eigenvalue weighted by Crippen LogP contribution is 2.41. The lowest BCUT2D eigenvalue weighted by atomic mass is 9.77. The van der Waals surface area contributed by atoms with Crippen LogP contribution in [0.15, 0.2) is 30.5 Å². The lowest BCUT2D eigenvalue weighted by Gasteiger charge is -2.49. The molecule has 0 radical (unpaired) electrons. The molecule has 0 bridgehead atoms. The number of sulfonamides is 1. The average Bonchev–Trinajstić information content (AvgIpc) is 3.85. The normalized spacial score (nSPS) is 38.9. The molecule has 452 valence electrons. The summed E-state index contributed by atoms with van der Waals surface area (Å²) in [5.74, 6) is -2.93. The number of alkyl halides is 1. The number of carbonyl (C=O) groups excluding carboxylic acids is 1. The number of hydrogen-bond acceptors (Lipinski definition) is 20. The summed E-state index contributed by atoms with van der Waals surface area (Å²) in [4.78, 5) is 20.5. The van der Waals surface area contributed by atoms with Gasteiger partial charge in [0.2, 0.25) is 10.0 Å². The smallest absolute Gasteiger partial charge is 0.311 e. The van der Waals surface area contributed by atoms with E-state index in [0.717, 1.165) is 17.5 Å². The van der Waals surface area contributed by atoms with Crippen LogP contribution < -0.4 is 9.62 Å². The van der Waals surface area contributed by atoms with Gasteiger partial charge in [-0.25, -0.2) is 22.2 Å². The molecule has 0 unspecified atom stereocenters. The molecule has 5 heterocycles. The minimum atomic E-state index is -3.31. The van der Waals surface area contributed by atoms with E-state index in [1.54, 1.807) is 54.7 Å². The van der Waals surface area contributed by atoms with Crippen LogP contribution in [-0.2, 0) is 54.4 Å². The highest BCUT2D eigenvalue weighted by atomic mass is 32.2. The van der Waals surface area contributed by atoms with E-state index in [1.165, 1.54) is 25.8 Å². The Morgan fingerprint density at radius 2 is 1.62 bits per heavy atom. The van der Waals surface area contributed by atoms with Crippen molar-refractivity contribution in [2.75, 3.05) is 72.3 Å². The number of ether oxygens (including phenoxy) is 7. The zero-order valence-corrected chi connectivity index (χ0v) is 50.0. The molecule has 20 atom stereocenters. The van der Waals surface area contributed by atoms with Gasteiger partial charge in [-0.1, -0.05) is 38.1 Å². The number of benzene rings is 1. The summed E-state index contributed by atoms with van der Waals surface area (Å²) in [6.07, 6.45) is -7.14. The van der Waals surface area contributed by atoms with Crippen LogP contribution in [0.25, 0.3) is 0 Å². The predicted octanol–water partition coefficient (Wildman–Crippen LogP) is 2.74. The Balaban J connectivity index is 1.22. The van der Waals surface area contributed by atoms with Crippen LogP contribution in [-0.4, -0.2) is 228 Å². The van der Waals surface area contributed by atoms with Gasteiger partial charge in [0.1, 0.15) is 48.8 Å². The van der Waals surface area contributed by atoms with Crippen molar-refractivity contribution in [2.45, 2.75) is 210 Å². The predicted molar refractivity (Wildman–Crippen MR) is 292 cm³/mol. The van der Waals surface area contributed by atoms with E-state index >= 15 is 0 Å². The maximum Gasteiger partial charge on any atom is 0.311 e. The Labute approximate surface area is 467 Å². The summed E-state index contributed by atoms with van der Waals surface area (Å²) in [7, 11) is 3.38. The van der Waals surface area contributed by atoms with Crippen LogP contribution in [0.4, 0.5) is 10.1 Å². The number of nitrogens with one attached hydrogen (secondary N) is 1. The fourth-order valence-corrected chi connectivity index (χ4v) is 13.2. The van der Waals surface area contributed by atoms with Crippen molar-refractivity contribution in [3.63, 3.8) is 0 Å². The van der Waals surface area contributed by atoms with Gasteiger partial charge >= 0.3 is 5.97 Å². The first-order chi connectivity index (χ1) is 36.9. The number of aliphatic hydroxyl groups is 5. The molecule has 6 rings (SSSR count). The molecule has 4 aliphatic rings. The van der Waals surface area contributed by atoms with Gasteiger partial charge in [0.05, 0.1) is 59.5 Å². The molecule has 4 fully saturated rings. The summed E-state index contributed by atoms with van der Waals surface area (Å²) >= 11 is 0. The Morgan fingerprint density at radius 3 is 2.22 bits per heavy atom. The molecule has 24 heteroatoms. The average molecular weight is 1140 g/mol. The van der Waals surface area contributed by atoms with Gasteiger partial charge in [-0.2, -0.15) is 0 Å². The lowest BCUT2D eigenvalue weighted by molar-refractivity contribution is -0.318. The molecular formula is C55H94FN7O15S. The molecule has 0 saturated carbocycles. The number of hydrogen-bond donors (Lipinski definition) is 6. The number of methoxy groups -OCH3 is 2. The number of carbonyl (C=O) groups is 1. The largest absolute Gasteiger partial charge is 0.459 e. The number of aromatic nitrogens is 3. The van der Waals surface area contributed by atoms with Crippen molar-refractivity contribution in [3.05, 3.63) is 41.7 Å². The molecule has 6 N–H and O–H groups in total. The zero-order valence-electron chi connectivity index (χ0n) is 49.1. The fraction of sp³-hybridized carbons (Fsp3) is 0.836. The minimum Gasteiger partial charge on any atom is -0.459 e. The molecule has 4 aliphatic heterocycles. The van der Waals surface area contributed by atoms with Crippen molar-refractivity contribution >= 4 is 21.7 Å². The Bertz CT molecular complexity index is 2370. The molecule has 1 aromatic carbocycles. The third-order valence-corrected chi connectivity index (χ3v) is 18.1. The van der Waals surface area contributed by atoms with E-state index in [4.69, 9.17) is 33.2 Å². The molecule has 0 spiro atoms. The van der Waals surface area contributed by atoms with Crippen molar-refractivity contribution in [2.24, 2.45) is 17.8 Å². The number of nitrogens with zero attached hydrogens (tertiary/aromatic N) is 6. The van der Waals surface area contributed by atoms with Gasteiger partial charge in [0.25, 0.3) is 0 Å². The van der Waals surface area contributed by atoms with Crippen LogP contribution in [0.3, 0.4) is 0 Å². The third kappa shape index (κ3) is 15.4. The highest BCUT2D eigenvalue weighted by Gasteiger charge is 2.53. The molecule has 0 aliphatic carbocycles. The molecular weight excluding hydrogens is 1050 g/mol. The zero-order chi connectivity index (χ0) is 58.7. The van der Waals surface area contributed by atoms with Gasteiger partial charge in [0.15, 0.2) is 12.6 Å². The van der Waals surface area contributed by atoms with E-state index in [0.29, 0.717) is 44.7 Å². The van der Waals surface area contributed by atoms with Crippen molar-refractivity contribution in [1.29, 1.82) is 0 Å². The van der Waals surface area contributed by atoms with E-state index < -0.39 is 137 Å². The number of aliphatic hydroxyl groups excluding tert-OH is 3. The van der Waals surface area contributed by atoms with Crippen LogP contribution >= 0.6 is 0 Å². The third-order valence-electron chi connectivity index (χ3n) is 17.3. The lowest BCUT2D eigenvalue weighted by Crippen LogP contribution is -2.61. The second kappa shape index (κ2) is 26.7. The summed E-state index contributed by atoms with van der Waals surface area (Å²) in [6.45, 7) is 18.4. The molecule has 4 saturated heterocycles. The van der Waals surface area contributed by atoms with Crippen molar-refractivity contribution in [3.8, 4) is 0 Å². The first kappa shape index (κ1) is 65.1. The number of rotatable bonds is 18. The SMILES string of the molecule is CC[C@H]1OC(=O)[C@H](C)[C@@H](O[C@H]2C[C@@](C)(OC)[C@@H](O)[C@H](C)O2)[C@H](C)[C@@H](O[C@@H]2O[C@H](C)C[C@H](N(C)CCc3cn([C@H](CF)[C@H](OC)c4ccc(N5CC(NS(C)(=O)=O)C5)cc4)nn3)[C@H]2O)[C@](C)(O)C[C@@H](C)CN(C)[C@H](C)[C@@H](O)[C@]1(C)O. The molecule has 22 nitrogen and oxygen atoms in total. The molecule has 1 aromatic heterocycles. The van der Waals surface area contributed by atoms with Crippen LogP contribution in [0, 0.1) is 17.8 Å². The van der Waals surface area contributed by atoms with Gasteiger partial charge in [-0.15, -0.1) is 5.10 Å². The first-order valence-electron chi connectivity index (χ1n) is 28.0. The second-order valence-corrected chi connectivity index (χ2v) is 25.9. The Kier molecular flexibility index (Phi) is 22.0. The number of anilines is 1. The number of cyclic esters (lactones) is 1. The quantitative estimate of drug-likeness (QED) is 0.117. The fourth-order valence-electron chi connectivity index (χ4n) is 12.5. The van der Waals surface area contributed by atoms with Gasteiger partial charge in [0, 0.05) is 83.1 Å². The minimum absolute atomic E-state index is 0.0737. The summed E-state index contributed by atoms with van der Waals surface area (Å²) in [6, 6.07) is 5.40. The van der Waals surface area contributed by atoms with Gasteiger partial charge < -0.3 is 73.4 Å². The van der Waals surface area contributed by atoms with Gasteiger partial charge in [-0.05, 0) is 105 Å². The molecule has 2 aromatic rings. The van der Waals surface area contributed by atoms with Crippen molar-refractivity contribution < 1.29 is 76.3 Å². The van der Waals surface area contributed by atoms with E-state index in [2.05, 4.69) is 15.0 Å². The van der Waals surface area contributed by atoms with Crippen LogP contribution in [0.5, 0.6) is 0 Å². The van der Waals surface area contributed by atoms with E-state index in [9.17, 15) is 43.1 Å². The molecule has 0 amide bonds. The summed E-state index contributed by atoms with van der Waals surface area (Å²) in [5, 5.41) is 68.6. The maximum absolute atomic E-state index is 15.0. The van der Waals surface area contributed by atoms with Crippen LogP contribution in [0.1, 0.15) is 118 Å². The van der Waals surface area contributed by atoms with E-state index in [-0.39, 0.29) is 31.2 Å². The standard InChI is InChI=1S/C55H94FN7O15S/c1-16-43-55(10,69)48(65)35(6)61(12)27-31(2)24-53(8,68)50(33(4)46(34(5)51(67)76-43)77-44-25-54(9,73-14)49(66)36(7)75-44)78-52-45(64)41(23-32(3)74-52)60(11)22-21-38-30-63(59-57-38)42(26-56)47(72-13)37-17-19-40(20-18-37)62-28-39(29-62)58-79(15,70)71/h17-20,30-36,39,41-50,52,58,64-66,68-69H,16,21-29H2,1-15H3/t31-,32-,33+,34-,35-,36+,41+,42-,43-,44+,45-,46+,47-,48-,49+,50-,52+,53-,54-,55-/m1/s1. The molecule has 79 heavy (non-hydrogen) atoms. The van der Waals surface area contributed by atoms with E-state index in [1.807, 2.05) is 66.9 Å². The Hall–Kier alpha value is -3.05. The highest BCUT2D eigenvalue weighted by molar-refractivity contribution is 7.88. The second-order valence-electron chi connectivity index (χ2n) is 24.1. The summed E-state index contributed by atoms with van der Waals surface area (Å²) in [5.41, 5.74) is -2.42. The number of halogens is 1. The maximum atomic E-state index is 15.0. The number of esters is 1. The summed E-state index contributed by atoms with van der Waals surface area (Å²) < 4.78 is 86.5. The Morgan fingerprint density at radius 1 is 0.962 bits per heavy atom.